The highest BCUT2D eigenvalue weighted by Crippen LogP contribution is 2.18. The molecule has 1 saturated heterocycles. The molecule has 1 aromatic rings. The van der Waals surface area contributed by atoms with Gasteiger partial charge in [-0.2, -0.15) is 0 Å². The molecule has 0 N–H and O–H groups in total. The molecule has 1 fully saturated rings. The lowest BCUT2D eigenvalue weighted by Crippen LogP contribution is -2.52. The number of rotatable bonds is 2. The molecule has 1 aliphatic rings. The van der Waals surface area contributed by atoms with Gasteiger partial charge in [-0.05, 0) is 17.5 Å². The van der Waals surface area contributed by atoms with E-state index in [1.54, 1.807) is 9.80 Å². The molecule has 0 saturated carbocycles. The predicted molar refractivity (Wildman–Crippen MR) is 72.9 cm³/mol. The average molecular weight is 261 g/mol. The van der Waals surface area contributed by atoms with Crippen molar-refractivity contribution in [1.29, 1.82) is 0 Å². The zero-order valence-electron chi connectivity index (χ0n) is 11.6. The Hall–Kier alpha value is -1.91. The van der Waals surface area contributed by atoms with Gasteiger partial charge in [-0.15, -0.1) is 0 Å². The Labute approximate surface area is 113 Å². The van der Waals surface area contributed by atoms with Crippen LogP contribution in [-0.2, 0) is 9.59 Å². The van der Waals surface area contributed by atoms with Crippen LogP contribution >= 0.6 is 0 Å². The van der Waals surface area contributed by atoms with Gasteiger partial charge < -0.3 is 4.90 Å². The summed E-state index contributed by atoms with van der Waals surface area (Å²) in [7, 11) is 0. The summed E-state index contributed by atoms with van der Waals surface area (Å²) in [5.41, 5.74) is 1.15. The first-order valence-corrected chi connectivity index (χ1v) is 6.51. The fraction of sp³-hybridized carbons (Fsp3) is 0.500. The highest BCUT2D eigenvalue weighted by molar-refractivity contribution is 5.96. The van der Waals surface area contributed by atoms with Crippen molar-refractivity contribution in [2.24, 2.45) is 0 Å². The topological polar surface area (TPSA) is 53.5 Å². The molecule has 0 unspecified atom stereocenters. The lowest BCUT2D eigenvalue weighted by molar-refractivity contribution is -0.135. The summed E-state index contributed by atoms with van der Waals surface area (Å²) < 4.78 is 0. The molecule has 5 heteroatoms. The lowest BCUT2D eigenvalue weighted by Gasteiger charge is -2.33. The first kappa shape index (κ1) is 13.5. The van der Waals surface area contributed by atoms with Crippen LogP contribution in [0.4, 0.5) is 5.82 Å². The Kier molecular flexibility index (Phi) is 3.83. The van der Waals surface area contributed by atoms with E-state index in [0.717, 1.165) is 5.56 Å². The monoisotopic (exact) mass is 261 g/mol. The van der Waals surface area contributed by atoms with Gasteiger partial charge in [0.2, 0.25) is 11.8 Å². The molecule has 102 valence electrons. The molecule has 0 radical (unpaired) electrons. The van der Waals surface area contributed by atoms with Gasteiger partial charge in [-0.1, -0.05) is 19.9 Å². The van der Waals surface area contributed by atoms with Crippen LogP contribution in [0.2, 0.25) is 0 Å². The molecule has 0 aromatic carbocycles. The Morgan fingerprint density at radius 1 is 1.32 bits per heavy atom. The SMILES string of the molecule is CC(=O)N1CCN(c2ccc(C(C)C)cn2)C(=O)C1. The summed E-state index contributed by atoms with van der Waals surface area (Å²) in [5, 5.41) is 0. The average Bonchev–Trinajstić information content (AvgIpc) is 2.38. The Morgan fingerprint density at radius 2 is 2.05 bits per heavy atom. The summed E-state index contributed by atoms with van der Waals surface area (Å²) >= 11 is 0. The van der Waals surface area contributed by atoms with E-state index in [0.29, 0.717) is 24.8 Å². The van der Waals surface area contributed by atoms with E-state index in [2.05, 4.69) is 18.8 Å². The quantitative estimate of drug-likeness (QED) is 0.808. The normalized spacial score (nSPS) is 16.1. The molecule has 2 amide bonds. The van der Waals surface area contributed by atoms with Crippen LogP contribution in [-0.4, -0.2) is 41.3 Å². The molecule has 0 bridgehead atoms. The van der Waals surface area contributed by atoms with E-state index >= 15 is 0 Å². The van der Waals surface area contributed by atoms with Crippen LogP contribution in [0, 0.1) is 0 Å². The van der Waals surface area contributed by atoms with Gasteiger partial charge in [0, 0.05) is 26.2 Å². The standard InChI is InChI=1S/C14H19N3O2/c1-10(2)12-4-5-13(15-8-12)17-7-6-16(11(3)18)9-14(17)19/h4-5,8,10H,6-7,9H2,1-3H3. The lowest BCUT2D eigenvalue weighted by atomic mass is 10.1. The number of hydrogen-bond donors (Lipinski definition) is 0. The van der Waals surface area contributed by atoms with E-state index in [9.17, 15) is 9.59 Å². The number of carbonyl (C=O) groups excluding carboxylic acids is 2. The largest absolute Gasteiger partial charge is 0.332 e. The predicted octanol–water partition coefficient (Wildman–Crippen LogP) is 1.40. The Bertz CT molecular complexity index is 482. The first-order chi connectivity index (χ1) is 8.99. The maximum Gasteiger partial charge on any atom is 0.247 e. The van der Waals surface area contributed by atoms with E-state index in [1.807, 2.05) is 18.3 Å². The van der Waals surface area contributed by atoms with Crippen molar-refractivity contribution < 1.29 is 9.59 Å². The minimum Gasteiger partial charge on any atom is -0.332 e. The van der Waals surface area contributed by atoms with Crippen LogP contribution in [0.3, 0.4) is 0 Å². The molecular formula is C14H19N3O2. The van der Waals surface area contributed by atoms with Crippen LogP contribution in [0.5, 0.6) is 0 Å². The molecule has 0 spiro atoms. The molecule has 1 aromatic heterocycles. The van der Waals surface area contributed by atoms with Crippen molar-refractivity contribution in [2.45, 2.75) is 26.7 Å². The number of carbonyl (C=O) groups is 2. The third-order valence-corrected chi connectivity index (χ3v) is 3.38. The highest BCUT2D eigenvalue weighted by Gasteiger charge is 2.26. The summed E-state index contributed by atoms with van der Waals surface area (Å²) in [6.07, 6.45) is 1.81. The van der Waals surface area contributed by atoms with Gasteiger partial charge in [0.15, 0.2) is 0 Å². The molecule has 5 nitrogen and oxygen atoms in total. The Morgan fingerprint density at radius 3 is 2.53 bits per heavy atom. The number of anilines is 1. The summed E-state index contributed by atoms with van der Waals surface area (Å²) in [4.78, 5) is 30.8. The van der Waals surface area contributed by atoms with Crippen molar-refractivity contribution in [1.82, 2.24) is 9.88 Å². The van der Waals surface area contributed by atoms with Gasteiger partial charge in [-0.25, -0.2) is 4.98 Å². The van der Waals surface area contributed by atoms with Crippen molar-refractivity contribution >= 4 is 17.6 Å². The smallest absolute Gasteiger partial charge is 0.247 e. The van der Waals surface area contributed by atoms with Crippen LogP contribution in [0.15, 0.2) is 18.3 Å². The van der Waals surface area contributed by atoms with Crippen LogP contribution in [0.25, 0.3) is 0 Å². The maximum absolute atomic E-state index is 12.0. The van der Waals surface area contributed by atoms with Crippen LogP contribution < -0.4 is 4.90 Å². The number of hydrogen-bond acceptors (Lipinski definition) is 3. The fourth-order valence-corrected chi connectivity index (χ4v) is 2.08. The van der Waals surface area contributed by atoms with E-state index < -0.39 is 0 Å². The van der Waals surface area contributed by atoms with Gasteiger partial charge in [0.05, 0.1) is 0 Å². The summed E-state index contributed by atoms with van der Waals surface area (Å²) in [6, 6.07) is 3.87. The third-order valence-electron chi connectivity index (χ3n) is 3.38. The number of piperazine rings is 1. The molecule has 2 heterocycles. The molecule has 0 aliphatic carbocycles. The van der Waals surface area contributed by atoms with Crippen molar-refractivity contribution in [3.8, 4) is 0 Å². The third kappa shape index (κ3) is 2.92. The number of pyridine rings is 1. The second kappa shape index (κ2) is 5.38. The summed E-state index contributed by atoms with van der Waals surface area (Å²) in [5.74, 6) is 0.951. The van der Waals surface area contributed by atoms with Crippen molar-refractivity contribution in [3.05, 3.63) is 23.9 Å². The maximum atomic E-state index is 12.0. The van der Waals surface area contributed by atoms with Crippen molar-refractivity contribution in [2.75, 3.05) is 24.5 Å². The number of nitrogens with zero attached hydrogens (tertiary/aromatic N) is 3. The molecule has 2 rings (SSSR count). The number of aromatic nitrogens is 1. The minimum absolute atomic E-state index is 0.0592. The van der Waals surface area contributed by atoms with Crippen LogP contribution in [0.1, 0.15) is 32.3 Å². The van der Waals surface area contributed by atoms with Gasteiger partial charge >= 0.3 is 0 Å². The zero-order valence-corrected chi connectivity index (χ0v) is 11.6. The van der Waals surface area contributed by atoms with Crippen molar-refractivity contribution in [3.63, 3.8) is 0 Å². The van der Waals surface area contributed by atoms with E-state index in [-0.39, 0.29) is 18.4 Å². The summed E-state index contributed by atoms with van der Waals surface area (Å²) in [6.45, 7) is 6.91. The highest BCUT2D eigenvalue weighted by atomic mass is 16.2. The second-order valence-electron chi connectivity index (χ2n) is 5.09. The minimum atomic E-state index is -0.0775. The molecular weight excluding hydrogens is 242 g/mol. The van der Waals surface area contributed by atoms with Gasteiger partial charge in [0.1, 0.15) is 12.4 Å². The van der Waals surface area contributed by atoms with Gasteiger partial charge in [0.25, 0.3) is 0 Å². The molecule has 19 heavy (non-hydrogen) atoms. The van der Waals surface area contributed by atoms with E-state index in [4.69, 9.17) is 0 Å². The van der Waals surface area contributed by atoms with Gasteiger partial charge in [-0.3, -0.25) is 14.5 Å². The fourth-order valence-electron chi connectivity index (χ4n) is 2.08. The number of amides is 2. The first-order valence-electron chi connectivity index (χ1n) is 6.51. The molecule has 0 atom stereocenters. The second-order valence-corrected chi connectivity index (χ2v) is 5.09. The zero-order chi connectivity index (χ0) is 14.0. The molecule has 1 aliphatic heterocycles. The van der Waals surface area contributed by atoms with E-state index in [1.165, 1.54) is 6.92 Å². The Balaban J connectivity index is 2.11.